The summed E-state index contributed by atoms with van der Waals surface area (Å²) >= 11 is 0. The summed E-state index contributed by atoms with van der Waals surface area (Å²) < 4.78 is 16.7. The number of benzene rings is 2. The highest BCUT2D eigenvalue weighted by molar-refractivity contribution is 14.0. The van der Waals surface area contributed by atoms with Crippen LogP contribution in [0.5, 0.6) is 17.2 Å². The molecule has 0 unspecified atom stereocenters. The Bertz CT molecular complexity index is 738. The van der Waals surface area contributed by atoms with Crippen molar-refractivity contribution in [3.05, 3.63) is 48.0 Å². The first-order valence-electron chi connectivity index (χ1n) is 8.64. The molecule has 0 aliphatic heterocycles. The lowest BCUT2D eigenvalue weighted by atomic mass is 10.2. The number of aliphatic imine (C=N–C) groups is 1. The summed E-state index contributed by atoms with van der Waals surface area (Å²) in [4.78, 5) is 4.23. The van der Waals surface area contributed by atoms with Crippen LogP contribution in [0.3, 0.4) is 0 Å². The summed E-state index contributed by atoms with van der Waals surface area (Å²) in [5.41, 5.74) is 1.98. The molecule has 0 aromatic heterocycles. The molecular formula is C20H28IN3O3. The van der Waals surface area contributed by atoms with Gasteiger partial charge in [-0.25, -0.2) is 0 Å². The van der Waals surface area contributed by atoms with Crippen molar-refractivity contribution < 1.29 is 14.2 Å². The first-order valence-corrected chi connectivity index (χ1v) is 8.64. The highest BCUT2D eigenvalue weighted by Crippen LogP contribution is 2.30. The Balaban J connectivity index is 0.00000364. The number of anilines is 1. The van der Waals surface area contributed by atoms with Crippen LogP contribution in [0.4, 0.5) is 5.69 Å². The van der Waals surface area contributed by atoms with Gasteiger partial charge in [-0.15, -0.1) is 24.0 Å². The molecule has 0 fully saturated rings. The molecule has 2 rings (SSSR count). The number of aryl methyl sites for hydroxylation is 1. The Morgan fingerprint density at radius 1 is 1.04 bits per heavy atom. The molecule has 0 spiro atoms. The molecule has 0 saturated carbocycles. The van der Waals surface area contributed by atoms with E-state index >= 15 is 0 Å². The second-order valence-electron chi connectivity index (χ2n) is 5.54. The van der Waals surface area contributed by atoms with Gasteiger partial charge in [-0.05, 0) is 37.6 Å². The molecule has 0 heterocycles. The maximum absolute atomic E-state index is 5.78. The zero-order valence-corrected chi connectivity index (χ0v) is 18.6. The van der Waals surface area contributed by atoms with Crippen LogP contribution >= 0.6 is 24.0 Å². The molecule has 148 valence electrons. The maximum atomic E-state index is 5.78. The third-order valence-corrected chi connectivity index (χ3v) is 3.70. The van der Waals surface area contributed by atoms with Crippen LogP contribution in [0.1, 0.15) is 12.5 Å². The fraction of sp³-hybridized carbons (Fsp3) is 0.350. The highest BCUT2D eigenvalue weighted by atomic mass is 127. The molecule has 0 atom stereocenters. The second-order valence-corrected chi connectivity index (χ2v) is 5.54. The van der Waals surface area contributed by atoms with Crippen molar-refractivity contribution in [2.75, 3.05) is 39.2 Å². The van der Waals surface area contributed by atoms with E-state index in [9.17, 15) is 0 Å². The van der Waals surface area contributed by atoms with Crippen molar-refractivity contribution in [3.63, 3.8) is 0 Å². The molecule has 0 bridgehead atoms. The summed E-state index contributed by atoms with van der Waals surface area (Å²) in [7, 11) is 3.35. The molecule has 0 aliphatic rings. The minimum Gasteiger partial charge on any atom is -0.493 e. The van der Waals surface area contributed by atoms with Gasteiger partial charge >= 0.3 is 0 Å². The van der Waals surface area contributed by atoms with Crippen LogP contribution in [0.25, 0.3) is 0 Å². The summed E-state index contributed by atoms with van der Waals surface area (Å²) in [6.45, 7) is 5.73. The summed E-state index contributed by atoms with van der Waals surface area (Å²) in [6, 6.07) is 13.6. The molecule has 0 saturated heterocycles. The molecule has 2 aromatic carbocycles. The number of ether oxygens (including phenoxy) is 3. The topological polar surface area (TPSA) is 64.1 Å². The van der Waals surface area contributed by atoms with Crippen molar-refractivity contribution in [1.29, 1.82) is 0 Å². The predicted molar refractivity (Wildman–Crippen MR) is 121 cm³/mol. The second kappa shape index (κ2) is 12.3. The van der Waals surface area contributed by atoms with Crippen molar-refractivity contribution in [3.8, 4) is 17.2 Å². The van der Waals surface area contributed by atoms with Crippen molar-refractivity contribution >= 4 is 35.6 Å². The Hall–Kier alpha value is -2.16. The van der Waals surface area contributed by atoms with E-state index in [0.29, 0.717) is 31.5 Å². The van der Waals surface area contributed by atoms with E-state index in [2.05, 4.69) is 15.6 Å². The number of methoxy groups -OCH3 is 1. The Kier molecular flexibility index (Phi) is 10.4. The average molecular weight is 485 g/mol. The van der Waals surface area contributed by atoms with Crippen LogP contribution in [0.2, 0.25) is 0 Å². The number of nitrogens with one attached hydrogen (secondary N) is 2. The number of para-hydroxylation sites is 1. The molecular weight excluding hydrogens is 457 g/mol. The molecule has 2 aromatic rings. The van der Waals surface area contributed by atoms with Crippen molar-refractivity contribution in [1.82, 2.24) is 5.32 Å². The number of rotatable bonds is 8. The lowest BCUT2D eigenvalue weighted by Gasteiger charge is -2.15. The fourth-order valence-corrected chi connectivity index (χ4v) is 2.38. The van der Waals surface area contributed by atoms with Gasteiger partial charge < -0.3 is 24.8 Å². The van der Waals surface area contributed by atoms with E-state index in [0.717, 1.165) is 22.7 Å². The minimum atomic E-state index is 0. The SMILES string of the molecule is CCOc1ccc(NC(=NC)NCCOc2ccccc2C)cc1OC.I. The van der Waals surface area contributed by atoms with E-state index < -0.39 is 0 Å². The normalized spacial score (nSPS) is 10.6. The fourth-order valence-electron chi connectivity index (χ4n) is 2.38. The van der Waals surface area contributed by atoms with Crippen LogP contribution in [-0.4, -0.2) is 39.9 Å². The number of nitrogens with zero attached hydrogens (tertiary/aromatic N) is 1. The number of hydrogen-bond donors (Lipinski definition) is 2. The van der Waals surface area contributed by atoms with Crippen LogP contribution in [-0.2, 0) is 0 Å². The van der Waals surface area contributed by atoms with Crippen LogP contribution < -0.4 is 24.8 Å². The number of guanidine groups is 1. The van der Waals surface area contributed by atoms with Crippen molar-refractivity contribution in [2.24, 2.45) is 4.99 Å². The third kappa shape index (κ3) is 7.16. The zero-order valence-electron chi connectivity index (χ0n) is 16.2. The van der Waals surface area contributed by atoms with Gasteiger partial charge in [0.1, 0.15) is 12.4 Å². The van der Waals surface area contributed by atoms with Gasteiger partial charge in [-0.3, -0.25) is 4.99 Å². The van der Waals surface area contributed by atoms with E-state index in [1.54, 1.807) is 14.2 Å². The maximum Gasteiger partial charge on any atom is 0.195 e. The average Bonchev–Trinajstić information content (AvgIpc) is 2.66. The molecule has 0 aliphatic carbocycles. The minimum absolute atomic E-state index is 0. The van der Waals surface area contributed by atoms with Gasteiger partial charge in [0.2, 0.25) is 0 Å². The molecule has 0 amide bonds. The van der Waals surface area contributed by atoms with E-state index in [4.69, 9.17) is 14.2 Å². The highest BCUT2D eigenvalue weighted by Gasteiger charge is 2.07. The Morgan fingerprint density at radius 2 is 1.81 bits per heavy atom. The number of halogens is 1. The van der Waals surface area contributed by atoms with Crippen LogP contribution in [0.15, 0.2) is 47.5 Å². The Labute approximate surface area is 178 Å². The van der Waals surface area contributed by atoms with Gasteiger partial charge in [-0.1, -0.05) is 18.2 Å². The lowest BCUT2D eigenvalue weighted by molar-refractivity contribution is 0.311. The lowest BCUT2D eigenvalue weighted by Crippen LogP contribution is -2.33. The quantitative estimate of drug-likeness (QED) is 0.255. The standard InChI is InChI=1S/C20H27N3O3.HI/c1-5-25-18-11-10-16(14-19(18)24-4)23-20(21-3)22-12-13-26-17-9-7-6-8-15(17)2;/h6-11,14H,5,12-13H2,1-4H3,(H2,21,22,23);1H. The summed E-state index contributed by atoms with van der Waals surface area (Å²) in [6.07, 6.45) is 0. The van der Waals surface area contributed by atoms with Gasteiger partial charge in [0.25, 0.3) is 0 Å². The monoisotopic (exact) mass is 485 g/mol. The summed E-state index contributed by atoms with van der Waals surface area (Å²) in [5, 5.41) is 6.46. The third-order valence-electron chi connectivity index (χ3n) is 3.70. The zero-order chi connectivity index (χ0) is 18.8. The molecule has 27 heavy (non-hydrogen) atoms. The first kappa shape index (κ1) is 22.9. The molecule has 0 radical (unpaired) electrons. The van der Waals surface area contributed by atoms with E-state index in [-0.39, 0.29) is 24.0 Å². The van der Waals surface area contributed by atoms with Gasteiger partial charge in [0.05, 0.1) is 20.3 Å². The molecule has 2 N–H and O–H groups in total. The van der Waals surface area contributed by atoms with Gasteiger partial charge in [-0.2, -0.15) is 0 Å². The Morgan fingerprint density at radius 3 is 2.48 bits per heavy atom. The smallest absolute Gasteiger partial charge is 0.195 e. The van der Waals surface area contributed by atoms with E-state index in [1.165, 1.54) is 0 Å². The van der Waals surface area contributed by atoms with Crippen LogP contribution in [0, 0.1) is 6.92 Å². The largest absolute Gasteiger partial charge is 0.493 e. The molecule has 6 nitrogen and oxygen atoms in total. The van der Waals surface area contributed by atoms with Gasteiger partial charge in [0.15, 0.2) is 17.5 Å². The van der Waals surface area contributed by atoms with Gasteiger partial charge in [0, 0.05) is 18.8 Å². The number of hydrogen-bond acceptors (Lipinski definition) is 4. The van der Waals surface area contributed by atoms with E-state index in [1.807, 2.05) is 56.3 Å². The van der Waals surface area contributed by atoms with Crippen molar-refractivity contribution in [2.45, 2.75) is 13.8 Å². The summed E-state index contributed by atoms with van der Waals surface area (Å²) in [5.74, 6) is 2.95. The predicted octanol–water partition coefficient (Wildman–Crippen LogP) is 4.09. The molecule has 7 heteroatoms. The first-order chi connectivity index (χ1) is 12.7.